The maximum atomic E-state index is 13.1. The zero-order chi connectivity index (χ0) is 19.2. The maximum absolute atomic E-state index is 13.1. The molecule has 0 aliphatic carbocycles. The number of rotatable bonds is 6. The highest BCUT2D eigenvalue weighted by Gasteiger charge is 2.36. The van der Waals surface area contributed by atoms with Gasteiger partial charge in [0, 0.05) is 45.2 Å². The molecule has 2 atom stereocenters. The lowest BCUT2D eigenvalue weighted by Crippen LogP contribution is -2.36. The summed E-state index contributed by atoms with van der Waals surface area (Å²) in [5.74, 6) is 1.12. The van der Waals surface area contributed by atoms with Crippen LogP contribution < -0.4 is 4.74 Å². The fourth-order valence-corrected chi connectivity index (χ4v) is 4.23. The van der Waals surface area contributed by atoms with E-state index in [-0.39, 0.29) is 18.4 Å². The molecule has 0 radical (unpaired) electrons. The monoisotopic (exact) mass is 375 g/mol. The van der Waals surface area contributed by atoms with Crippen molar-refractivity contribution in [3.63, 3.8) is 0 Å². The van der Waals surface area contributed by atoms with Gasteiger partial charge in [-0.05, 0) is 51.5 Å². The third kappa shape index (κ3) is 5.00. The Kier molecular flexibility index (Phi) is 7.10. The lowest BCUT2D eigenvalue weighted by molar-refractivity contribution is 0.0775. The van der Waals surface area contributed by atoms with Gasteiger partial charge in [-0.3, -0.25) is 4.79 Å². The Balaban J connectivity index is 1.66. The first-order valence-electron chi connectivity index (χ1n) is 10.1. The van der Waals surface area contributed by atoms with Crippen molar-refractivity contribution in [1.29, 1.82) is 0 Å². The number of ether oxygens (including phenoxy) is 1. The van der Waals surface area contributed by atoms with Gasteiger partial charge in [0.05, 0.1) is 12.2 Å². The van der Waals surface area contributed by atoms with Crippen LogP contribution >= 0.6 is 0 Å². The summed E-state index contributed by atoms with van der Waals surface area (Å²) >= 11 is 0. The van der Waals surface area contributed by atoms with E-state index in [1.807, 2.05) is 36.1 Å². The Hall–Kier alpha value is -1.63. The smallest absolute Gasteiger partial charge is 0.257 e. The number of carbonyl (C=O) groups excluding carboxylic acids is 1. The molecule has 0 bridgehead atoms. The Labute approximate surface area is 162 Å². The Morgan fingerprint density at radius 2 is 1.93 bits per heavy atom. The van der Waals surface area contributed by atoms with E-state index < -0.39 is 0 Å². The van der Waals surface area contributed by atoms with E-state index in [1.165, 1.54) is 6.42 Å². The number of likely N-dealkylation sites (tertiary alicyclic amines) is 1. The van der Waals surface area contributed by atoms with Gasteiger partial charge in [0.25, 0.3) is 5.91 Å². The third-order valence-corrected chi connectivity index (χ3v) is 5.82. The van der Waals surface area contributed by atoms with Gasteiger partial charge in [-0.1, -0.05) is 12.1 Å². The van der Waals surface area contributed by atoms with Gasteiger partial charge in [-0.15, -0.1) is 0 Å². The third-order valence-electron chi connectivity index (χ3n) is 5.82. The molecule has 0 saturated carbocycles. The standard InChI is InChI=1S/C21H33N3O3/c1-3-27-20-8-5-4-7-19(20)21(26)24-14-17(18(15-24)16-25)13-23-10-6-9-22(2)11-12-23/h4-5,7-8,17-18,25H,3,6,9-16H2,1-2H3/t17-,18-/m1/s1. The molecule has 0 spiro atoms. The van der Waals surface area contributed by atoms with Crippen molar-refractivity contribution in [2.24, 2.45) is 11.8 Å². The molecule has 2 aliphatic rings. The van der Waals surface area contributed by atoms with E-state index in [2.05, 4.69) is 16.8 Å². The van der Waals surface area contributed by atoms with Crippen LogP contribution in [0.25, 0.3) is 0 Å². The second-order valence-corrected chi connectivity index (χ2v) is 7.80. The highest BCUT2D eigenvalue weighted by atomic mass is 16.5. The molecule has 1 amide bonds. The lowest BCUT2D eigenvalue weighted by Gasteiger charge is -2.26. The summed E-state index contributed by atoms with van der Waals surface area (Å²) in [4.78, 5) is 19.9. The normalized spacial score (nSPS) is 24.8. The molecule has 6 nitrogen and oxygen atoms in total. The van der Waals surface area contributed by atoms with E-state index in [4.69, 9.17) is 4.74 Å². The van der Waals surface area contributed by atoms with Crippen LogP contribution in [0.4, 0.5) is 0 Å². The first-order valence-corrected chi connectivity index (χ1v) is 10.1. The summed E-state index contributed by atoms with van der Waals surface area (Å²) in [6, 6.07) is 7.45. The van der Waals surface area contributed by atoms with Gasteiger partial charge in [0.2, 0.25) is 0 Å². The molecule has 1 aromatic rings. The number of carbonyl (C=O) groups is 1. The first kappa shape index (κ1) is 20.1. The number of hydrogen-bond donors (Lipinski definition) is 1. The second kappa shape index (κ2) is 9.53. The highest BCUT2D eigenvalue weighted by Crippen LogP contribution is 2.28. The zero-order valence-corrected chi connectivity index (χ0v) is 16.6. The van der Waals surface area contributed by atoms with Crippen molar-refractivity contribution in [2.45, 2.75) is 13.3 Å². The SMILES string of the molecule is CCOc1ccccc1C(=O)N1C[C@@H](CN2CCCN(C)CC2)[C@@H](CO)C1. The predicted octanol–water partition coefficient (Wildman–Crippen LogP) is 1.40. The zero-order valence-electron chi connectivity index (χ0n) is 16.6. The number of aliphatic hydroxyl groups is 1. The van der Waals surface area contributed by atoms with Crippen molar-refractivity contribution in [1.82, 2.24) is 14.7 Å². The van der Waals surface area contributed by atoms with Crippen LogP contribution in [0.3, 0.4) is 0 Å². The predicted molar refractivity (Wildman–Crippen MR) is 106 cm³/mol. The van der Waals surface area contributed by atoms with Crippen molar-refractivity contribution in [2.75, 3.05) is 66.1 Å². The van der Waals surface area contributed by atoms with E-state index in [0.717, 1.165) is 32.7 Å². The van der Waals surface area contributed by atoms with E-state index in [0.29, 0.717) is 36.9 Å². The molecular formula is C21H33N3O3. The number of likely N-dealkylation sites (N-methyl/N-ethyl adjacent to an activating group) is 1. The molecule has 2 saturated heterocycles. The van der Waals surface area contributed by atoms with Crippen molar-refractivity contribution in [3.8, 4) is 5.75 Å². The van der Waals surface area contributed by atoms with Gasteiger partial charge in [-0.25, -0.2) is 0 Å². The topological polar surface area (TPSA) is 56.2 Å². The molecule has 3 rings (SSSR count). The van der Waals surface area contributed by atoms with Gasteiger partial charge < -0.3 is 24.5 Å². The maximum Gasteiger partial charge on any atom is 0.257 e. The van der Waals surface area contributed by atoms with Crippen molar-refractivity contribution >= 4 is 5.91 Å². The largest absolute Gasteiger partial charge is 0.493 e. The molecule has 1 aromatic carbocycles. The summed E-state index contributed by atoms with van der Waals surface area (Å²) < 4.78 is 5.63. The van der Waals surface area contributed by atoms with Gasteiger partial charge in [-0.2, -0.15) is 0 Å². The molecule has 27 heavy (non-hydrogen) atoms. The average Bonchev–Trinajstić information content (AvgIpc) is 2.97. The van der Waals surface area contributed by atoms with Crippen LogP contribution in [-0.4, -0.2) is 91.8 Å². The number of amides is 1. The number of hydrogen-bond acceptors (Lipinski definition) is 5. The molecule has 2 heterocycles. The fraction of sp³-hybridized carbons (Fsp3) is 0.667. The second-order valence-electron chi connectivity index (χ2n) is 7.80. The summed E-state index contributed by atoms with van der Waals surface area (Å²) in [6.07, 6.45) is 1.18. The number of aliphatic hydroxyl groups excluding tert-OH is 1. The Morgan fingerprint density at radius 1 is 1.15 bits per heavy atom. The molecule has 6 heteroatoms. The molecule has 2 fully saturated rings. The van der Waals surface area contributed by atoms with Gasteiger partial charge in [0.1, 0.15) is 5.75 Å². The van der Waals surface area contributed by atoms with Crippen LogP contribution in [0.15, 0.2) is 24.3 Å². The summed E-state index contributed by atoms with van der Waals surface area (Å²) in [5, 5.41) is 9.88. The van der Waals surface area contributed by atoms with E-state index in [9.17, 15) is 9.90 Å². The Bertz CT molecular complexity index is 624. The van der Waals surface area contributed by atoms with E-state index >= 15 is 0 Å². The number of nitrogens with zero attached hydrogens (tertiary/aromatic N) is 3. The van der Waals surface area contributed by atoms with Crippen molar-refractivity contribution in [3.05, 3.63) is 29.8 Å². The Morgan fingerprint density at radius 3 is 2.70 bits per heavy atom. The molecular weight excluding hydrogens is 342 g/mol. The molecule has 0 unspecified atom stereocenters. The van der Waals surface area contributed by atoms with Crippen LogP contribution in [0, 0.1) is 11.8 Å². The van der Waals surface area contributed by atoms with Gasteiger partial charge >= 0.3 is 0 Å². The minimum Gasteiger partial charge on any atom is -0.493 e. The van der Waals surface area contributed by atoms with Crippen LogP contribution in [0.5, 0.6) is 5.75 Å². The number of benzene rings is 1. The van der Waals surface area contributed by atoms with Gasteiger partial charge in [0.15, 0.2) is 0 Å². The van der Waals surface area contributed by atoms with Crippen LogP contribution in [0.2, 0.25) is 0 Å². The average molecular weight is 376 g/mol. The summed E-state index contributed by atoms with van der Waals surface area (Å²) in [5.41, 5.74) is 0.619. The fourth-order valence-electron chi connectivity index (χ4n) is 4.23. The summed E-state index contributed by atoms with van der Waals surface area (Å²) in [7, 11) is 2.17. The minimum atomic E-state index is 0.00981. The molecule has 150 valence electrons. The first-order chi connectivity index (χ1) is 13.1. The molecule has 0 aromatic heterocycles. The summed E-state index contributed by atoms with van der Waals surface area (Å²) in [6.45, 7) is 9.26. The van der Waals surface area contributed by atoms with Crippen LogP contribution in [-0.2, 0) is 0 Å². The molecule has 2 aliphatic heterocycles. The molecule has 1 N–H and O–H groups in total. The van der Waals surface area contributed by atoms with Crippen molar-refractivity contribution < 1.29 is 14.6 Å². The van der Waals surface area contributed by atoms with E-state index in [1.54, 1.807) is 0 Å². The lowest BCUT2D eigenvalue weighted by atomic mass is 9.96. The quantitative estimate of drug-likeness (QED) is 0.815. The minimum absolute atomic E-state index is 0.00981. The van der Waals surface area contributed by atoms with Crippen LogP contribution in [0.1, 0.15) is 23.7 Å². The number of para-hydroxylation sites is 1. The highest BCUT2D eigenvalue weighted by molar-refractivity contribution is 5.97.